The monoisotopic (exact) mass is 878 g/mol. The average Bonchev–Trinajstić information content (AvgIpc) is 3.90. The summed E-state index contributed by atoms with van der Waals surface area (Å²) in [7, 11) is 0. The molecule has 10 heteroatoms. The molecule has 0 saturated carbocycles. The number of hydrogen-bond acceptors (Lipinski definition) is 7. The summed E-state index contributed by atoms with van der Waals surface area (Å²) >= 11 is 0. The van der Waals surface area contributed by atoms with Crippen molar-refractivity contribution in [3.8, 4) is 0 Å². The summed E-state index contributed by atoms with van der Waals surface area (Å²) in [6.45, 7) is 57.9. The quantitative estimate of drug-likeness (QED) is 0.166. The van der Waals surface area contributed by atoms with Crippen molar-refractivity contribution >= 4 is 0 Å². The molecule has 0 fully saturated rings. The van der Waals surface area contributed by atoms with Gasteiger partial charge in [0.2, 0.25) is 0 Å². The van der Waals surface area contributed by atoms with Crippen LogP contribution >= 0.6 is 0 Å². The Hall–Kier alpha value is -3.30. The number of nitrogens with zero attached hydrogens (tertiary/aromatic N) is 7. The highest BCUT2D eigenvalue weighted by atomic mass is 16.5. The van der Waals surface area contributed by atoms with Crippen LogP contribution in [0.3, 0.4) is 0 Å². The van der Waals surface area contributed by atoms with E-state index >= 15 is 0 Å². The molecule has 4 aromatic heterocycles. The van der Waals surface area contributed by atoms with Gasteiger partial charge < -0.3 is 9.40 Å². The second kappa shape index (κ2) is 37.1. The van der Waals surface area contributed by atoms with Crippen LogP contribution in [0.4, 0.5) is 0 Å². The van der Waals surface area contributed by atoms with Gasteiger partial charge in [-0.15, -0.1) is 0 Å². The van der Waals surface area contributed by atoms with Crippen molar-refractivity contribution in [3.05, 3.63) is 59.2 Å². The lowest BCUT2D eigenvalue weighted by atomic mass is 10.0. The third-order valence-electron chi connectivity index (χ3n) is 7.03. The number of oxazole rings is 1. The molecular weight excluding hydrogens is 769 g/mol. The zero-order valence-electron chi connectivity index (χ0n) is 43.6. The van der Waals surface area contributed by atoms with Crippen LogP contribution in [0, 0.1) is 17.8 Å². The van der Waals surface area contributed by atoms with E-state index in [2.05, 4.69) is 217 Å². The van der Waals surface area contributed by atoms with Gasteiger partial charge in [-0.3, -0.25) is 4.52 Å². The number of hydrogen-bond donors (Lipinski definition) is 1. The maximum atomic E-state index is 5.79. The predicted octanol–water partition coefficient (Wildman–Crippen LogP) is 17.2. The van der Waals surface area contributed by atoms with Crippen molar-refractivity contribution < 1.29 is 13.7 Å². The van der Waals surface area contributed by atoms with Crippen LogP contribution in [0.2, 0.25) is 0 Å². The van der Waals surface area contributed by atoms with Gasteiger partial charge in [-0.2, -0.15) is 15.0 Å². The first-order valence-corrected chi connectivity index (χ1v) is 22.8. The van der Waals surface area contributed by atoms with Crippen LogP contribution in [0.25, 0.3) is 0 Å². The van der Waals surface area contributed by atoms with Crippen molar-refractivity contribution in [1.29, 1.82) is 0 Å². The zero-order chi connectivity index (χ0) is 46.9. The molecule has 0 aliphatic rings. The topological polar surface area (TPSA) is 115 Å². The van der Waals surface area contributed by atoms with Crippen molar-refractivity contribution in [2.75, 3.05) is 0 Å². The van der Waals surface area contributed by atoms with Gasteiger partial charge in [0.1, 0.15) is 11.8 Å². The average molecular weight is 878 g/mol. The number of imidazole rings is 1. The SMILES string of the molecule is C.C.C.CC(C)C.CC(C)C.CC(C)C.CC(C)c1nc(C(C)C)[n+](C(C)C)o1.CC(C)c1nc(C(C)C)c(C(C)C)o1.CC(C)c1nn(C(C)C)nc1C(C)C.c1c[nH]cn1. The minimum Gasteiger partial charge on any atom is -0.445 e. The first kappa shape index (κ1) is 70.4. The molecule has 0 amide bonds. The van der Waals surface area contributed by atoms with E-state index in [9.17, 15) is 0 Å². The molecule has 0 spiro atoms. The molecule has 0 aliphatic carbocycles. The minimum atomic E-state index is 0. The fourth-order valence-corrected chi connectivity index (χ4v) is 4.37. The van der Waals surface area contributed by atoms with E-state index in [1.54, 1.807) is 18.7 Å². The molecule has 4 heterocycles. The Morgan fingerprint density at radius 1 is 0.484 bits per heavy atom. The van der Waals surface area contributed by atoms with Gasteiger partial charge in [-0.05, 0) is 68.2 Å². The lowest BCUT2D eigenvalue weighted by Crippen LogP contribution is -2.38. The molecule has 0 saturated heterocycles. The van der Waals surface area contributed by atoms with E-state index in [-0.39, 0.29) is 22.3 Å². The van der Waals surface area contributed by atoms with Gasteiger partial charge in [-0.1, -0.05) is 186 Å². The molecule has 1 N–H and O–H groups in total. The molecule has 0 aliphatic heterocycles. The molecule has 4 rings (SSSR count). The molecule has 0 radical (unpaired) electrons. The van der Waals surface area contributed by atoms with Crippen LogP contribution in [0.15, 0.2) is 27.7 Å². The van der Waals surface area contributed by atoms with Gasteiger partial charge in [0.05, 0.1) is 41.3 Å². The molecule has 0 aromatic carbocycles. The lowest BCUT2D eigenvalue weighted by Gasteiger charge is -2.05. The fourth-order valence-electron chi connectivity index (χ4n) is 4.37. The van der Waals surface area contributed by atoms with Crippen molar-refractivity contribution in [1.82, 2.24) is 34.9 Å². The Morgan fingerprint density at radius 2 is 0.871 bits per heavy atom. The standard InChI is InChI=1S/C12H21NO.C11H21N3.C11H21N2O.3C4H10.C3H4N2.3CH4/c1-7(2)10-11(8(3)4)14-12(13-10)9(5)6;1-7(2)10-11(8(3)4)13-14(12-10)9(5)6;1-7(2)10-12-11(8(3)4)14-13(10)9(5)6;3*1-4(2)3;1-2-5-3-4-1;;;/h3*7-9H,1-6H3;3*4H,1-3H3;1-3H,(H,4,5);3*1H4/q;;+1;;;;;;;. The molecule has 368 valence electrons. The number of aromatic nitrogens is 8. The molecule has 0 unspecified atom stereocenters. The summed E-state index contributed by atoms with van der Waals surface area (Å²) in [4.78, 5) is 17.3. The smallest absolute Gasteiger partial charge is 0.355 e. The van der Waals surface area contributed by atoms with Gasteiger partial charge >= 0.3 is 11.7 Å². The zero-order valence-corrected chi connectivity index (χ0v) is 43.6. The van der Waals surface area contributed by atoms with Crippen LogP contribution < -0.4 is 4.74 Å². The molecule has 4 aromatic rings. The van der Waals surface area contributed by atoms with E-state index in [1.165, 1.54) is 0 Å². The van der Waals surface area contributed by atoms with Crippen LogP contribution in [0.5, 0.6) is 0 Å². The van der Waals surface area contributed by atoms with E-state index in [4.69, 9.17) is 8.94 Å². The lowest BCUT2D eigenvalue weighted by molar-refractivity contribution is -0.885. The Labute approximate surface area is 387 Å². The third-order valence-corrected chi connectivity index (χ3v) is 7.03. The predicted molar refractivity (Wildman–Crippen MR) is 273 cm³/mol. The van der Waals surface area contributed by atoms with E-state index in [0.717, 1.165) is 58.2 Å². The summed E-state index contributed by atoms with van der Waals surface area (Å²) in [6.07, 6.45) is 5.08. The number of H-pyrrole nitrogens is 1. The summed E-state index contributed by atoms with van der Waals surface area (Å²) in [5.41, 5.74) is 3.42. The molecular formula is C52H109N8O2+. The Kier molecular flexibility index (Phi) is 42.1. The first-order valence-electron chi connectivity index (χ1n) is 22.8. The highest BCUT2D eigenvalue weighted by Crippen LogP contribution is 2.29. The second-order valence-corrected chi connectivity index (χ2v) is 20.0. The van der Waals surface area contributed by atoms with Crippen molar-refractivity contribution in [2.24, 2.45) is 17.8 Å². The third kappa shape index (κ3) is 32.4. The summed E-state index contributed by atoms with van der Waals surface area (Å²) in [6, 6.07) is 0.687. The highest BCUT2D eigenvalue weighted by molar-refractivity contribution is 5.18. The minimum absolute atomic E-state index is 0. The Morgan fingerprint density at radius 3 is 1.06 bits per heavy atom. The molecule has 0 bridgehead atoms. The van der Waals surface area contributed by atoms with Crippen molar-refractivity contribution in [3.63, 3.8) is 0 Å². The van der Waals surface area contributed by atoms with E-state index in [0.29, 0.717) is 53.5 Å². The maximum Gasteiger partial charge on any atom is 0.355 e. The largest absolute Gasteiger partial charge is 0.445 e. The van der Waals surface area contributed by atoms with Crippen LogP contribution in [-0.4, -0.2) is 34.9 Å². The van der Waals surface area contributed by atoms with Gasteiger partial charge in [0.25, 0.3) is 0 Å². The summed E-state index contributed by atoms with van der Waals surface area (Å²) in [5.74, 6) is 9.24. The number of nitrogens with one attached hydrogen (secondary N) is 1. The summed E-state index contributed by atoms with van der Waals surface area (Å²) < 4.78 is 13.4. The highest BCUT2D eigenvalue weighted by Gasteiger charge is 2.28. The molecule has 10 nitrogen and oxygen atoms in total. The second-order valence-electron chi connectivity index (χ2n) is 20.0. The van der Waals surface area contributed by atoms with Crippen LogP contribution in [-0.2, 0) is 0 Å². The molecule has 0 atom stereocenters. The van der Waals surface area contributed by atoms with Gasteiger partial charge in [0, 0.05) is 24.2 Å². The summed E-state index contributed by atoms with van der Waals surface area (Å²) in [5, 5.41) is 9.07. The Balaban J connectivity index is -0.000000157. The van der Waals surface area contributed by atoms with Crippen molar-refractivity contribution in [2.45, 2.75) is 263 Å². The van der Waals surface area contributed by atoms with E-state index in [1.807, 2.05) is 9.54 Å². The number of rotatable bonds is 9. The maximum absolute atomic E-state index is 5.79. The first-order chi connectivity index (χ1) is 27.0. The number of aromatic amines is 1. The van der Waals surface area contributed by atoms with Crippen LogP contribution in [0.1, 0.15) is 303 Å². The van der Waals surface area contributed by atoms with Gasteiger partial charge in [0.15, 0.2) is 5.89 Å². The van der Waals surface area contributed by atoms with Gasteiger partial charge in [-0.25, -0.2) is 9.97 Å². The Bertz CT molecular complexity index is 1270. The molecule has 62 heavy (non-hydrogen) atoms. The normalized spacial score (nSPS) is 10.6. The fraction of sp³-hybridized carbons (Fsp3) is 0.808. The van der Waals surface area contributed by atoms with E-state index < -0.39 is 0 Å².